The third-order valence-corrected chi connectivity index (χ3v) is 4.16. The lowest BCUT2D eigenvalue weighted by Crippen LogP contribution is -2.38. The molecule has 2 aromatic rings. The van der Waals surface area contributed by atoms with Gasteiger partial charge in [-0.2, -0.15) is 5.10 Å². The molecule has 0 aromatic carbocycles. The van der Waals surface area contributed by atoms with E-state index in [0.717, 1.165) is 25.9 Å². The highest BCUT2D eigenvalue weighted by Gasteiger charge is 2.24. The Hall–Kier alpha value is -2.57. The topological polar surface area (TPSA) is 80.4 Å². The molecule has 0 unspecified atom stereocenters. The standard InChI is InChI=1S/C16H20N4O3/c1-11-5-7-20(8-6-11)16(22)12-10-14(19(2)18-12)17-15(21)13-4-3-9-23-13/h3-4,9-11H,5-8H2,1-2H3,(H,17,21). The molecular weight excluding hydrogens is 296 g/mol. The van der Waals surface area contributed by atoms with Gasteiger partial charge >= 0.3 is 0 Å². The van der Waals surface area contributed by atoms with Crippen molar-refractivity contribution in [1.29, 1.82) is 0 Å². The van der Waals surface area contributed by atoms with Crippen LogP contribution in [0.2, 0.25) is 0 Å². The molecule has 2 aromatic heterocycles. The number of likely N-dealkylation sites (tertiary alicyclic amines) is 1. The van der Waals surface area contributed by atoms with Crippen LogP contribution >= 0.6 is 0 Å². The first-order chi connectivity index (χ1) is 11.0. The first-order valence-electron chi connectivity index (χ1n) is 7.73. The van der Waals surface area contributed by atoms with Gasteiger partial charge in [0.15, 0.2) is 11.5 Å². The summed E-state index contributed by atoms with van der Waals surface area (Å²) < 4.78 is 6.54. The number of anilines is 1. The molecule has 0 aliphatic carbocycles. The van der Waals surface area contributed by atoms with Crippen molar-refractivity contribution in [1.82, 2.24) is 14.7 Å². The summed E-state index contributed by atoms with van der Waals surface area (Å²) in [6.07, 6.45) is 3.46. The summed E-state index contributed by atoms with van der Waals surface area (Å²) in [6.45, 7) is 3.71. The highest BCUT2D eigenvalue weighted by molar-refractivity contribution is 6.02. The fourth-order valence-corrected chi connectivity index (χ4v) is 2.65. The minimum absolute atomic E-state index is 0.0917. The molecule has 3 heterocycles. The van der Waals surface area contributed by atoms with E-state index < -0.39 is 0 Å². The van der Waals surface area contributed by atoms with Crippen LogP contribution in [-0.2, 0) is 7.05 Å². The van der Waals surface area contributed by atoms with Crippen molar-refractivity contribution in [3.63, 3.8) is 0 Å². The summed E-state index contributed by atoms with van der Waals surface area (Å²) in [5.41, 5.74) is 0.344. The molecule has 122 valence electrons. The molecule has 2 amide bonds. The Balaban J connectivity index is 1.70. The molecule has 0 atom stereocenters. The molecule has 3 rings (SSSR count). The van der Waals surface area contributed by atoms with Gasteiger partial charge in [0.05, 0.1) is 6.26 Å². The molecule has 0 radical (unpaired) electrons. The minimum Gasteiger partial charge on any atom is -0.459 e. The van der Waals surface area contributed by atoms with Crippen molar-refractivity contribution < 1.29 is 14.0 Å². The molecule has 1 saturated heterocycles. The van der Waals surface area contributed by atoms with E-state index in [2.05, 4.69) is 17.3 Å². The number of rotatable bonds is 3. The zero-order chi connectivity index (χ0) is 16.4. The molecule has 1 N–H and O–H groups in total. The van der Waals surface area contributed by atoms with Gasteiger partial charge in [0.1, 0.15) is 5.82 Å². The van der Waals surface area contributed by atoms with Crippen molar-refractivity contribution >= 4 is 17.6 Å². The Labute approximate surface area is 134 Å². The third-order valence-electron chi connectivity index (χ3n) is 4.16. The van der Waals surface area contributed by atoms with E-state index in [1.165, 1.54) is 10.9 Å². The number of nitrogens with zero attached hydrogens (tertiary/aromatic N) is 3. The monoisotopic (exact) mass is 316 g/mol. The SMILES string of the molecule is CC1CCN(C(=O)c2cc(NC(=O)c3ccco3)n(C)n2)CC1. The summed E-state index contributed by atoms with van der Waals surface area (Å²) in [6, 6.07) is 4.82. The molecule has 0 spiro atoms. The van der Waals surface area contributed by atoms with E-state index in [-0.39, 0.29) is 17.6 Å². The quantitative estimate of drug-likeness (QED) is 0.940. The van der Waals surface area contributed by atoms with Crippen molar-refractivity contribution in [2.45, 2.75) is 19.8 Å². The summed E-state index contributed by atoms with van der Waals surface area (Å²) in [5, 5.41) is 6.91. The number of carbonyl (C=O) groups excluding carboxylic acids is 2. The molecule has 1 aliphatic rings. The molecule has 7 heteroatoms. The maximum atomic E-state index is 12.5. The summed E-state index contributed by atoms with van der Waals surface area (Å²) in [7, 11) is 1.69. The zero-order valence-corrected chi connectivity index (χ0v) is 13.3. The number of amides is 2. The van der Waals surface area contributed by atoms with Crippen LogP contribution in [0.3, 0.4) is 0 Å². The van der Waals surface area contributed by atoms with Gasteiger partial charge in [-0.25, -0.2) is 0 Å². The number of aromatic nitrogens is 2. The average Bonchev–Trinajstić information content (AvgIpc) is 3.18. The van der Waals surface area contributed by atoms with Crippen LogP contribution in [0.5, 0.6) is 0 Å². The smallest absolute Gasteiger partial charge is 0.292 e. The normalized spacial score (nSPS) is 15.7. The van der Waals surface area contributed by atoms with Crippen molar-refractivity contribution in [2.75, 3.05) is 18.4 Å². The fourth-order valence-electron chi connectivity index (χ4n) is 2.65. The lowest BCUT2D eigenvalue weighted by atomic mass is 9.99. The first-order valence-corrected chi connectivity index (χ1v) is 7.73. The highest BCUT2D eigenvalue weighted by atomic mass is 16.3. The van der Waals surface area contributed by atoms with Crippen molar-refractivity contribution in [3.05, 3.63) is 35.9 Å². The van der Waals surface area contributed by atoms with Gasteiger partial charge in [-0.1, -0.05) is 6.92 Å². The molecule has 23 heavy (non-hydrogen) atoms. The van der Waals surface area contributed by atoms with E-state index in [4.69, 9.17) is 4.42 Å². The molecule has 1 fully saturated rings. The van der Waals surface area contributed by atoms with Gasteiger partial charge in [0.2, 0.25) is 0 Å². The van der Waals surface area contributed by atoms with Gasteiger partial charge in [-0.15, -0.1) is 0 Å². The number of nitrogens with one attached hydrogen (secondary N) is 1. The maximum absolute atomic E-state index is 12.5. The van der Waals surface area contributed by atoms with Crippen LogP contribution in [0.15, 0.2) is 28.9 Å². The van der Waals surface area contributed by atoms with Crippen molar-refractivity contribution in [3.8, 4) is 0 Å². The number of piperidine rings is 1. The summed E-state index contributed by atoms with van der Waals surface area (Å²) in [5.74, 6) is 0.866. The zero-order valence-electron chi connectivity index (χ0n) is 13.3. The predicted octanol–water partition coefficient (Wildman–Crippen LogP) is 2.14. The lowest BCUT2D eigenvalue weighted by molar-refractivity contribution is 0.0690. The average molecular weight is 316 g/mol. The molecule has 7 nitrogen and oxygen atoms in total. The Morgan fingerprint density at radius 3 is 2.74 bits per heavy atom. The van der Waals surface area contributed by atoms with E-state index in [1.54, 1.807) is 25.2 Å². The second-order valence-corrected chi connectivity index (χ2v) is 5.94. The first kappa shape index (κ1) is 15.3. The number of carbonyl (C=O) groups is 2. The predicted molar refractivity (Wildman–Crippen MR) is 84.2 cm³/mol. The van der Waals surface area contributed by atoms with Crippen molar-refractivity contribution in [2.24, 2.45) is 13.0 Å². The lowest BCUT2D eigenvalue weighted by Gasteiger charge is -2.29. The number of hydrogen-bond acceptors (Lipinski definition) is 4. The molecule has 0 bridgehead atoms. The largest absolute Gasteiger partial charge is 0.459 e. The molecule has 1 aliphatic heterocycles. The van der Waals surface area contributed by atoms with Gasteiger partial charge in [-0.3, -0.25) is 14.3 Å². The number of furan rings is 1. The Bertz CT molecular complexity index is 697. The molecule has 0 saturated carbocycles. The van der Waals surface area contributed by atoms with Crippen LogP contribution < -0.4 is 5.32 Å². The maximum Gasteiger partial charge on any atom is 0.292 e. The fraction of sp³-hybridized carbons (Fsp3) is 0.438. The third kappa shape index (κ3) is 3.28. The van der Waals surface area contributed by atoms with Crippen LogP contribution in [0.1, 0.15) is 40.8 Å². The Kier molecular flexibility index (Phi) is 4.18. The Morgan fingerprint density at radius 2 is 2.09 bits per heavy atom. The summed E-state index contributed by atoms with van der Waals surface area (Å²) >= 11 is 0. The second-order valence-electron chi connectivity index (χ2n) is 5.94. The van der Waals surface area contributed by atoms with E-state index >= 15 is 0 Å². The second kappa shape index (κ2) is 6.28. The summed E-state index contributed by atoms with van der Waals surface area (Å²) in [4.78, 5) is 26.3. The molecular formula is C16H20N4O3. The van der Waals surface area contributed by atoms with Gasteiger partial charge in [0.25, 0.3) is 11.8 Å². The highest BCUT2D eigenvalue weighted by Crippen LogP contribution is 2.19. The Morgan fingerprint density at radius 1 is 1.35 bits per heavy atom. The van der Waals surface area contributed by atoms with Gasteiger partial charge in [-0.05, 0) is 30.9 Å². The van der Waals surface area contributed by atoms with Crippen LogP contribution in [-0.4, -0.2) is 39.6 Å². The van der Waals surface area contributed by atoms with E-state index in [0.29, 0.717) is 17.4 Å². The number of hydrogen-bond donors (Lipinski definition) is 1. The van der Waals surface area contributed by atoms with Gasteiger partial charge < -0.3 is 14.6 Å². The minimum atomic E-state index is -0.371. The van der Waals surface area contributed by atoms with Crippen LogP contribution in [0, 0.1) is 5.92 Å². The number of aryl methyl sites for hydroxylation is 1. The van der Waals surface area contributed by atoms with Crippen LogP contribution in [0.25, 0.3) is 0 Å². The van der Waals surface area contributed by atoms with E-state index in [9.17, 15) is 9.59 Å². The van der Waals surface area contributed by atoms with E-state index in [1.807, 2.05) is 4.90 Å². The van der Waals surface area contributed by atoms with Crippen LogP contribution in [0.4, 0.5) is 5.82 Å². The van der Waals surface area contributed by atoms with Gasteiger partial charge in [0, 0.05) is 26.2 Å².